The summed E-state index contributed by atoms with van der Waals surface area (Å²) < 4.78 is 179. The molecule has 206 valence electrons. The third-order valence-electron chi connectivity index (χ3n) is 6.96. The second kappa shape index (κ2) is 10.0. The predicted octanol–water partition coefficient (Wildman–Crippen LogP) is 11.4. The average molecular weight is 601 g/mol. The molecule has 3 heterocycles. The van der Waals surface area contributed by atoms with Crippen molar-refractivity contribution in [2.24, 2.45) is 0 Å². The van der Waals surface area contributed by atoms with Crippen LogP contribution in [0.4, 0.5) is 0 Å². The summed E-state index contributed by atoms with van der Waals surface area (Å²) in [5.41, 5.74) is -2.25. The van der Waals surface area contributed by atoms with Crippen molar-refractivity contribution in [3.63, 3.8) is 0 Å². The molecule has 0 unspecified atom stereocenters. The fraction of sp³-hybridized carbons (Fsp3) is 0. The van der Waals surface area contributed by atoms with E-state index < -0.39 is 138 Å². The third-order valence-corrected chi connectivity index (χ3v) is 8.09. The monoisotopic (exact) mass is 600 g/mol. The number of rotatable bonds is 4. The second-order valence-corrected chi connectivity index (χ2v) is 10.5. The summed E-state index contributed by atoms with van der Waals surface area (Å²) in [4.78, 5) is 8.68. The fourth-order valence-corrected chi connectivity index (χ4v) is 6.06. The Bertz CT molecular complexity index is 3610. The molecule has 3 aromatic heterocycles. The standard InChI is InChI=1S/C40H24N2OS/c1-2-9-25(10-3-1)26-11-6-12-27(21-26)28-19-20-34-35(23-28)43-39-37(41-24-42-38(34)39)30-14-7-13-29(22-30)31-16-8-17-33-32-15-4-5-18-36(32)44-40(31)33/h1-24H/i1D,2D,3D,4D,5D,6D,7D,8D,9D,10D,11D,12D,13D,14D,15D,16D,17D,18D,21D,22D. The molecule has 4 heteroatoms. The maximum Gasteiger partial charge on any atom is 0.180 e. The maximum absolute atomic E-state index is 9.50. The summed E-state index contributed by atoms with van der Waals surface area (Å²) in [6, 6.07) is -8.24. The molecule has 0 fully saturated rings. The smallest absolute Gasteiger partial charge is 0.180 e. The first-order valence-corrected chi connectivity index (χ1v) is 13.8. The van der Waals surface area contributed by atoms with Crippen molar-refractivity contribution in [1.82, 2.24) is 9.97 Å². The third kappa shape index (κ3) is 4.03. The normalized spacial score (nSPS) is 18.0. The number of hydrogen-bond donors (Lipinski definition) is 0. The first kappa shape index (κ1) is 12.2. The lowest BCUT2D eigenvalue weighted by Crippen LogP contribution is -1.88. The van der Waals surface area contributed by atoms with Gasteiger partial charge < -0.3 is 4.42 Å². The molecule has 3 nitrogen and oxygen atoms in total. The Morgan fingerprint density at radius 3 is 2.18 bits per heavy atom. The van der Waals surface area contributed by atoms with E-state index in [0.717, 1.165) is 17.7 Å². The van der Waals surface area contributed by atoms with Crippen LogP contribution in [0, 0.1) is 0 Å². The Kier molecular flexibility index (Phi) is 2.77. The van der Waals surface area contributed by atoms with Crippen LogP contribution in [-0.4, -0.2) is 9.97 Å². The van der Waals surface area contributed by atoms with Crippen LogP contribution in [0.5, 0.6) is 0 Å². The van der Waals surface area contributed by atoms with Gasteiger partial charge in [0.2, 0.25) is 0 Å². The SMILES string of the molecule is [2H]c1c([2H])c([2H])c(-c2c([2H])c([2H])c([2H])c(-c3ccc4c(c3)oc3c(-c5c([2H])c([2H])c([2H])c(-c6c([2H])c([2H])c([2H])c7c6sc6c([2H])c([2H])c([2H])c([2H])c67)c5[2H])ncnc34)c2[2H])c([2H])c1[2H]. The van der Waals surface area contributed by atoms with Gasteiger partial charge in [0.1, 0.15) is 23.1 Å². The van der Waals surface area contributed by atoms with E-state index in [9.17, 15) is 1.37 Å². The highest BCUT2D eigenvalue weighted by Gasteiger charge is 2.17. The largest absolute Gasteiger partial charge is 0.452 e. The molecule has 0 radical (unpaired) electrons. The minimum atomic E-state index is -0.718. The molecule has 0 aliphatic rings. The highest BCUT2D eigenvalue weighted by atomic mass is 32.1. The van der Waals surface area contributed by atoms with E-state index in [4.69, 9.17) is 30.5 Å². The molecular weight excluding hydrogens is 557 g/mol. The van der Waals surface area contributed by atoms with Gasteiger partial charge in [-0.2, -0.15) is 0 Å². The lowest BCUT2D eigenvalue weighted by atomic mass is 9.98. The Labute approximate surface area is 285 Å². The molecular formula is C40H24N2OS. The number of nitrogens with zero attached hydrogens (tertiary/aromatic N) is 2. The molecule has 0 N–H and O–H groups in total. The van der Waals surface area contributed by atoms with E-state index in [1.807, 2.05) is 0 Å². The molecule has 0 amide bonds. The minimum Gasteiger partial charge on any atom is -0.452 e. The first-order valence-electron chi connectivity index (χ1n) is 23.0. The van der Waals surface area contributed by atoms with Crippen molar-refractivity contribution in [2.45, 2.75) is 0 Å². The van der Waals surface area contributed by atoms with Gasteiger partial charge in [-0.3, -0.25) is 0 Å². The van der Waals surface area contributed by atoms with Gasteiger partial charge in [0.25, 0.3) is 0 Å². The van der Waals surface area contributed by atoms with Crippen molar-refractivity contribution in [3.8, 4) is 44.6 Å². The molecule has 0 spiro atoms. The van der Waals surface area contributed by atoms with E-state index >= 15 is 0 Å². The number of thiophene rings is 1. The predicted molar refractivity (Wildman–Crippen MR) is 184 cm³/mol. The van der Waals surface area contributed by atoms with E-state index in [-0.39, 0.29) is 64.8 Å². The number of fused-ring (bicyclic) bond motifs is 6. The zero-order valence-electron chi connectivity index (χ0n) is 42.0. The van der Waals surface area contributed by atoms with Gasteiger partial charge in [-0.15, -0.1) is 11.3 Å². The van der Waals surface area contributed by atoms with Crippen molar-refractivity contribution >= 4 is 53.6 Å². The molecule has 0 saturated heterocycles. The van der Waals surface area contributed by atoms with Crippen LogP contribution in [-0.2, 0) is 0 Å². The molecule has 0 aliphatic heterocycles. The van der Waals surface area contributed by atoms with Gasteiger partial charge in [0.15, 0.2) is 5.58 Å². The highest BCUT2D eigenvalue weighted by Crippen LogP contribution is 2.41. The highest BCUT2D eigenvalue weighted by molar-refractivity contribution is 7.26. The molecule has 0 aliphatic carbocycles. The van der Waals surface area contributed by atoms with Crippen LogP contribution >= 0.6 is 11.3 Å². The van der Waals surface area contributed by atoms with Crippen molar-refractivity contribution in [3.05, 3.63) is 145 Å². The average Bonchev–Trinajstić information content (AvgIpc) is 3.86. The van der Waals surface area contributed by atoms with Crippen LogP contribution in [0.15, 0.2) is 150 Å². The summed E-state index contributed by atoms with van der Waals surface area (Å²) in [5.74, 6) is 0. The lowest BCUT2D eigenvalue weighted by Gasteiger charge is -2.07. The Balaban J connectivity index is 1.29. The first-order chi connectivity index (χ1) is 30.1. The summed E-state index contributed by atoms with van der Waals surface area (Å²) in [5, 5.41) is 0.131. The van der Waals surface area contributed by atoms with Gasteiger partial charge in [0.05, 0.1) is 27.4 Å². The molecule has 0 atom stereocenters. The summed E-state index contributed by atoms with van der Waals surface area (Å²) in [6.45, 7) is 0. The molecule has 0 saturated carbocycles. The molecule has 6 aromatic carbocycles. The number of hydrogen-bond acceptors (Lipinski definition) is 4. The van der Waals surface area contributed by atoms with E-state index in [0.29, 0.717) is 5.39 Å². The van der Waals surface area contributed by atoms with Gasteiger partial charge >= 0.3 is 0 Å². The van der Waals surface area contributed by atoms with Gasteiger partial charge in [-0.05, 0) is 63.6 Å². The molecule has 0 bridgehead atoms. The summed E-state index contributed by atoms with van der Waals surface area (Å²) >= 11 is 0.779. The summed E-state index contributed by atoms with van der Waals surface area (Å²) in [7, 11) is 0. The molecule has 9 rings (SSSR count). The van der Waals surface area contributed by atoms with Crippen LogP contribution in [0.25, 0.3) is 86.9 Å². The van der Waals surface area contributed by atoms with Crippen LogP contribution < -0.4 is 0 Å². The topological polar surface area (TPSA) is 38.9 Å². The molecule has 9 aromatic rings. The Morgan fingerprint density at radius 1 is 0.568 bits per heavy atom. The van der Waals surface area contributed by atoms with Gasteiger partial charge in [0, 0.05) is 31.1 Å². The van der Waals surface area contributed by atoms with E-state index in [1.54, 1.807) is 0 Å². The Morgan fingerprint density at radius 2 is 1.27 bits per heavy atom. The van der Waals surface area contributed by atoms with Crippen LogP contribution in [0.3, 0.4) is 0 Å². The van der Waals surface area contributed by atoms with Crippen molar-refractivity contribution in [2.75, 3.05) is 0 Å². The zero-order valence-corrected chi connectivity index (χ0v) is 22.8. The Hall–Kier alpha value is -5.58. The zero-order chi connectivity index (χ0) is 46.4. The maximum atomic E-state index is 9.50. The van der Waals surface area contributed by atoms with Gasteiger partial charge in [-0.25, -0.2) is 9.97 Å². The number of benzene rings is 6. The summed E-state index contributed by atoms with van der Waals surface area (Å²) in [6.07, 6.45) is 1.10. The van der Waals surface area contributed by atoms with E-state index in [2.05, 4.69) is 9.97 Å². The van der Waals surface area contributed by atoms with Crippen LogP contribution in [0.1, 0.15) is 27.4 Å². The van der Waals surface area contributed by atoms with Gasteiger partial charge in [-0.1, -0.05) is 109 Å². The molecule has 44 heavy (non-hydrogen) atoms. The van der Waals surface area contributed by atoms with Crippen molar-refractivity contribution in [1.29, 1.82) is 0 Å². The fourth-order valence-electron chi connectivity index (χ4n) is 4.99. The van der Waals surface area contributed by atoms with Crippen LogP contribution in [0.2, 0.25) is 0 Å². The number of aromatic nitrogens is 2. The van der Waals surface area contributed by atoms with E-state index in [1.165, 1.54) is 18.2 Å². The number of furan rings is 1. The van der Waals surface area contributed by atoms with Crippen molar-refractivity contribution < 1.29 is 31.8 Å². The lowest BCUT2D eigenvalue weighted by molar-refractivity contribution is 0.667. The quantitative estimate of drug-likeness (QED) is 0.202. The minimum absolute atomic E-state index is 0.00581. The second-order valence-electron chi connectivity index (χ2n) is 9.47.